The van der Waals surface area contributed by atoms with E-state index in [1.165, 1.54) is 38.5 Å². The van der Waals surface area contributed by atoms with Gasteiger partial charge in [-0.25, -0.2) is 4.68 Å². The third kappa shape index (κ3) is 3.42. The summed E-state index contributed by atoms with van der Waals surface area (Å²) in [4.78, 5) is 2.61. The summed E-state index contributed by atoms with van der Waals surface area (Å²) in [5.74, 6) is 1.77. The molecule has 2 fully saturated rings. The van der Waals surface area contributed by atoms with Crippen molar-refractivity contribution in [1.82, 2.24) is 19.2 Å². The first-order valence-corrected chi connectivity index (χ1v) is 10.1. The largest absolute Gasteiger partial charge is 0.303 e. The molecule has 0 amide bonds. The van der Waals surface area contributed by atoms with Crippen molar-refractivity contribution >= 4 is 23.8 Å². The Bertz CT molecular complexity index is 793. The number of halogens is 1. The van der Waals surface area contributed by atoms with E-state index >= 15 is 0 Å². The van der Waals surface area contributed by atoms with Crippen LogP contribution in [-0.4, -0.2) is 31.8 Å². The van der Waals surface area contributed by atoms with E-state index in [-0.39, 0.29) is 0 Å². The minimum Gasteiger partial charge on any atom is -0.303 e. The highest BCUT2D eigenvalue weighted by Crippen LogP contribution is 2.35. The molecule has 2 aliphatic rings. The summed E-state index contributed by atoms with van der Waals surface area (Å²) >= 11 is 11.7. The standard InChI is InChI=1S/C19H25ClN4S/c1-22-18(15-8-10-16(20)11-9-15)21-24(19(22)25)13-23-12-4-6-14-5-2-3-7-17(14)23/h8-11,14,17H,2-7,12-13H2,1H3. The molecule has 1 aliphatic heterocycles. The van der Waals surface area contributed by atoms with Crippen LogP contribution in [0.25, 0.3) is 11.4 Å². The smallest absolute Gasteiger partial charge is 0.199 e. The molecule has 25 heavy (non-hydrogen) atoms. The number of hydrogen-bond donors (Lipinski definition) is 0. The molecule has 2 heterocycles. The van der Waals surface area contributed by atoms with Gasteiger partial charge in [0.1, 0.15) is 0 Å². The van der Waals surface area contributed by atoms with Crippen molar-refractivity contribution in [2.45, 2.75) is 51.2 Å². The van der Waals surface area contributed by atoms with Gasteiger partial charge < -0.3 is 4.57 Å². The molecule has 1 aliphatic carbocycles. The van der Waals surface area contributed by atoms with Gasteiger partial charge in [0.05, 0.1) is 6.67 Å². The van der Waals surface area contributed by atoms with Gasteiger partial charge in [-0.15, -0.1) is 0 Å². The zero-order chi connectivity index (χ0) is 17.4. The van der Waals surface area contributed by atoms with E-state index in [1.807, 2.05) is 40.6 Å². The Morgan fingerprint density at radius 3 is 2.64 bits per heavy atom. The maximum Gasteiger partial charge on any atom is 0.199 e. The maximum absolute atomic E-state index is 6.01. The van der Waals surface area contributed by atoms with Crippen molar-refractivity contribution in [2.75, 3.05) is 6.54 Å². The number of aromatic nitrogens is 3. The fourth-order valence-electron chi connectivity index (χ4n) is 4.51. The first kappa shape index (κ1) is 17.3. The van der Waals surface area contributed by atoms with Crippen molar-refractivity contribution in [3.63, 3.8) is 0 Å². The summed E-state index contributed by atoms with van der Waals surface area (Å²) in [6.45, 7) is 1.97. The van der Waals surface area contributed by atoms with Gasteiger partial charge in [0.25, 0.3) is 0 Å². The summed E-state index contributed by atoms with van der Waals surface area (Å²) in [5, 5.41) is 5.57. The van der Waals surface area contributed by atoms with Crippen molar-refractivity contribution in [2.24, 2.45) is 13.0 Å². The Balaban J connectivity index is 1.59. The zero-order valence-corrected chi connectivity index (χ0v) is 16.3. The lowest BCUT2D eigenvalue weighted by Gasteiger charge is -2.43. The summed E-state index contributed by atoms with van der Waals surface area (Å²) in [5.41, 5.74) is 1.05. The normalized spacial score (nSPS) is 24.2. The summed E-state index contributed by atoms with van der Waals surface area (Å²) < 4.78 is 4.78. The lowest BCUT2D eigenvalue weighted by atomic mass is 9.78. The molecule has 2 unspecified atom stereocenters. The van der Waals surface area contributed by atoms with Crippen LogP contribution < -0.4 is 0 Å². The summed E-state index contributed by atoms with van der Waals surface area (Å²) in [6.07, 6.45) is 8.18. The van der Waals surface area contributed by atoms with Gasteiger partial charge in [0.2, 0.25) is 0 Å². The topological polar surface area (TPSA) is 26.0 Å². The SMILES string of the molecule is Cn1c(-c2ccc(Cl)cc2)nn(CN2CCCC3CCCCC32)c1=S. The fraction of sp³-hybridized carbons (Fsp3) is 0.579. The number of likely N-dealkylation sites (tertiary alicyclic amines) is 1. The Morgan fingerprint density at radius 2 is 1.84 bits per heavy atom. The molecular formula is C19H25ClN4S. The molecule has 0 spiro atoms. The Morgan fingerprint density at radius 1 is 1.12 bits per heavy atom. The molecule has 1 aromatic carbocycles. The van der Waals surface area contributed by atoms with Crippen molar-refractivity contribution < 1.29 is 0 Å². The van der Waals surface area contributed by atoms with Crippen LogP contribution in [0.5, 0.6) is 0 Å². The van der Waals surface area contributed by atoms with E-state index in [9.17, 15) is 0 Å². The second kappa shape index (κ2) is 7.22. The predicted molar refractivity (Wildman–Crippen MR) is 104 cm³/mol. The van der Waals surface area contributed by atoms with E-state index in [4.69, 9.17) is 28.9 Å². The van der Waals surface area contributed by atoms with Crippen molar-refractivity contribution in [1.29, 1.82) is 0 Å². The quantitative estimate of drug-likeness (QED) is 0.714. The summed E-state index contributed by atoms with van der Waals surface area (Å²) in [6, 6.07) is 8.52. The molecule has 2 aromatic rings. The molecule has 1 saturated heterocycles. The lowest BCUT2D eigenvalue weighted by Crippen LogP contribution is -2.47. The average molecular weight is 377 g/mol. The fourth-order valence-corrected chi connectivity index (χ4v) is 4.82. The summed E-state index contributed by atoms with van der Waals surface area (Å²) in [7, 11) is 2.00. The van der Waals surface area contributed by atoms with Gasteiger partial charge in [0, 0.05) is 30.2 Å². The first-order chi connectivity index (χ1) is 12.1. The number of hydrogen-bond acceptors (Lipinski definition) is 3. The van der Waals surface area contributed by atoms with Gasteiger partial charge in [0.15, 0.2) is 10.6 Å². The van der Waals surface area contributed by atoms with E-state index in [2.05, 4.69) is 4.90 Å². The molecule has 134 valence electrons. The highest BCUT2D eigenvalue weighted by molar-refractivity contribution is 7.71. The van der Waals surface area contributed by atoms with E-state index in [1.54, 1.807) is 0 Å². The van der Waals surface area contributed by atoms with E-state index in [0.29, 0.717) is 6.04 Å². The van der Waals surface area contributed by atoms with Crippen LogP contribution in [0.4, 0.5) is 0 Å². The molecule has 4 nitrogen and oxygen atoms in total. The Hall–Kier alpha value is -1.17. The Labute approximate surface area is 159 Å². The van der Waals surface area contributed by atoms with Gasteiger partial charge in [-0.3, -0.25) is 4.90 Å². The van der Waals surface area contributed by atoms with Crippen LogP contribution in [-0.2, 0) is 13.7 Å². The third-order valence-corrected chi connectivity index (χ3v) is 6.55. The molecule has 0 radical (unpaired) electrons. The number of rotatable bonds is 3. The molecule has 0 N–H and O–H groups in total. The maximum atomic E-state index is 6.01. The molecule has 1 saturated carbocycles. The zero-order valence-electron chi connectivity index (χ0n) is 14.7. The van der Waals surface area contributed by atoms with Crippen LogP contribution in [0, 0.1) is 10.7 Å². The molecular weight excluding hydrogens is 352 g/mol. The molecule has 0 bridgehead atoms. The van der Waals surface area contributed by atoms with Crippen LogP contribution >= 0.6 is 23.8 Å². The van der Waals surface area contributed by atoms with Crippen LogP contribution in [0.3, 0.4) is 0 Å². The number of nitrogens with zero attached hydrogens (tertiary/aromatic N) is 4. The van der Waals surface area contributed by atoms with E-state index in [0.717, 1.165) is 40.3 Å². The second-order valence-electron chi connectivity index (χ2n) is 7.38. The molecule has 1 aromatic heterocycles. The average Bonchev–Trinajstić information content (AvgIpc) is 2.91. The number of piperidine rings is 1. The monoisotopic (exact) mass is 376 g/mol. The Kier molecular flexibility index (Phi) is 4.98. The minimum absolute atomic E-state index is 0.713. The number of fused-ring (bicyclic) bond motifs is 1. The van der Waals surface area contributed by atoms with Gasteiger partial charge in [-0.1, -0.05) is 24.4 Å². The van der Waals surface area contributed by atoms with Crippen molar-refractivity contribution in [3.8, 4) is 11.4 Å². The van der Waals surface area contributed by atoms with E-state index < -0.39 is 0 Å². The minimum atomic E-state index is 0.713. The number of benzene rings is 1. The van der Waals surface area contributed by atoms with Gasteiger partial charge >= 0.3 is 0 Å². The first-order valence-electron chi connectivity index (χ1n) is 9.27. The third-order valence-electron chi connectivity index (χ3n) is 5.82. The van der Waals surface area contributed by atoms with Crippen LogP contribution in [0.1, 0.15) is 38.5 Å². The molecule has 6 heteroatoms. The van der Waals surface area contributed by atoms with Crippen LogP contribution in [0.15, 0.2) is 24.3 Å². The highest BCUT2D eigenvalue weighted by Gasteiger charge is 2.33. The lowest BCUT2D eigenvalue weighted by molar-refractivity contribution is 0.0323. The van der Waals surface area contributed by atoms with Gasteiger partial charge in [-0.05, 0) is 68.1 Å². The van der Waals surface area contributed by atoms with Gasteiger partial charge in [-0.2, -0.15) is 5.10 Å². The predicted octanol–water partition coefficient (Wildman–Crippen LogP) is 4.88. The van der Waals surface area contributed by atoms with Crippen molar-refractivity contribution in [3.05, 3.63) is 34.1 Å². The highest BCUT2D eigenvalue weighted by atomic mass is 35.5. The second-order valence-corrected chi connectivity index (χ2v) is 8.18. The molecule has 2 atom stereocenters. The van der Waals surface area contributed by atoms with Crippen LogP contribution in [0.2, 0.25) is 5.02 Å². The molecule has 4 rings (SSSR count).